The van der Waals surface area contributed by atoms with Crippen LogP contribution in [0.5, 0.6) is 0 Å². The number of halogens is 1. The highest BCUT2D eigenvalue weighted by Crippen LogP contribution is 2.29. The molecule has 4 heteroatoms. The van der Waals surface area contributed by atoms with E-state index in [0.717, 1.165) is 17.1 Å². The zero-order valence-electron chi connectivity index (χ0n) is 12.8. The van der Waals surface area contributed by atoms with E-state index < -0.39 is 0 Å². The average molecular weight is 309 g/mol. The molecule has 0 heterocycles. The lowest BCUT2D eigenvalue weighted by atomic mass is 9.78. The van der Waals surface area contributed by atoms with Gasteiger partial charge in [-0.1, -0.05) is 26.7 Å². The lowest BCUT2D eigenvalue weighted by Gasteiger charge is -2.34. The highest BCUT2D eigenvalue weighted by Gasteiger charge is 2.27. The van der Waals surface area contributed by atoms with Gasteiger partial charge in [-0.05, 0) is 42.5 Å². The first-order valence-electron chi connectivity index (χ1n) is 7.74. The molecule has 1 aliphatic carbocycles. The van der Waals surface area contributed by atoms with Crippen LogP contribution in [0.3, 0.4) is 0 Å². The summed E-state index contributed by atoms with van der Waals surface area (Å²) in [6, 6.07) is 6.74. The normalized spacial score (nSPS) is 25.6. The maximum Gasteiger partial charge on any atom is 0.221 e. The van der Waals surface area contributed by atoms with Gasteiger partial charge in [0, 0.05) is 23.1 Å². The first-order valence-corrected chi connectivity index (χ1v) is 8.72. The van der Waals surface area contributed by atoms with E-state index in [1.807, 2.05) is 0 Å². The highest BCUT2D eigenvalue weighted by molar-refractivity contribution is 7.99. The summed E-state index contributed by atoms with van der Waals surface area (Å²) in [5.41, 5.74) is 0. The molecule has 21 heavy (non-hydrogen) atoms. The molecule has 0 saturated heterocycles. The molecule has 2 nitrogen and oxygen atoms in total. The first kappa shape index (κ1) is 16.3. The van der Waals surface area contributed by atoms with Gasteiger partial charge in [0.2, 0.25) is 5.91 Å². The Kier molecular flexibility index (Phi) is 6.09. The third-order valence-electron chi connectivity index (χ3n) is 4.46. The molecule has 3 atom stereocenters. The van der Waals surface area contributed by atoms with Crippen molar-refractivity contribution in [1.82, 2.24) is 5.32 Å². The number of amides is 1. The van der Waals surface area contributed by atoms with Crippen molar-refractivity contribution in [3.8, 4) is 0 Å². The molecule has 2 rings (SSSR count). The summed E-state index contributed by atoms with van der Waals surface area (Å²) < 4.78 is 12.8. The van der Waals surface area contributed by atoms with Crippen molar-refractivity contribution < 1.29 is 9.18 Å². The zero-order chi connectivity index (χ0) is 15.2. The molecule has 116 valence electrons. The Morgan fingerprint density at radius 3 is 2.71 bits per heavy atom. The van der Waals surface area contributed by atoms with E-state index in [1.54, 1.807) is 23.9 Å². The summed E-state index contributed by atoms with van der Waals surface area (Å²) in [6.07, 6.45) is 4.09. The second-order valence-electron chi connectivity index (χ2n) is 5.99. The van der Waals surface area contributed by atoms with Gasteiger partial charge in [-0.25, -0.2) is 4.39 Å². The van der Waals surface area contributed by atoms with Gasteiger partial charge in [-0.3, -0.25) is 4.79 Å². The Balaban J connectivity index is 1.71. The summed E-state index contributed by atoms with van der Waals surface area (Å²) in [6.45, 7) is 4.51. The molecule has 1 aromatic rings. The third-order valence-corrected chi connectivity index (χ3v) is 5.48. The number of thioether (sulfide) groups is 1. The fourth-order valence-corrected chi connectivity index (χ4v) is 3.71. The Morgan fingerprint density at radius 1 is 1.29 bits per heavy atom. The maximum absolute atomic E-state index is 12.8. The molecule has 1 aliphatic rings. The topological polar surface area (TPSA) is 29.1 Å². The Morgan fingerprint density at radius 2 is 2.00 bits per heavy atom. The lowest BCUT2D eigenvalue weighted by molar-refractivity contribution is -0.122. The van der Waals surface area contributed by atoms with Gasteiger partial charge in [0.15, 0.2) is 0 Å². The molecule has 0 aromatic heterocycles. The van der Waals surface area contributed by atoms with Gasteiger partial charge in [-0.2, -0.15) is 0 Å². The van der Waals surface area contributed by atoms with Gasteiger partial charge >= 0.3 is 0 Å². The SMILES string of the molecule is CC1CCCC(NC(=O)CCSc2ccc(F)cc2)C1C. The van der Waals surface area contributed by atoms with E-state index in [4.69, 9.17) is 0 Å². The Bertz CT molecular complexity index is 462. The fourth-order valence-electron chi connectivity index (χ4n) is 2.86. The molecule has 0 radical (unpaired) electrons. The Labute approximate surface area is 130 Å². The predicted octanol–water partition coefficient (Wildman–Crippen LogP) is 4.25. The minimum atomic E-state index is -0.225. The van der Waals surface area contributed by atoms with Crippen LogP contribution in [0, 0.1) is 17.7 Å². The van der Waals surface area contributed by atoms with Crippen molar-refractivity contribution >= 4 is 17.7 Å². The van der Waals surface area contributed by atoms with E-state index in [-0.39, 0.29) is 11.7 Å². The van der Waals surface area contributed by atoms with Crippen LogP contribution in [0.25, 0.3) is 0 Å². The molecule has 1 fully saturated rings. The van der Waals surface area contributed by atoms with Crippen LogP contribution in [0.2, 0.25) is 0 Å². The molecule has 0 spiro atoms. The minimum absolute atomic E-state index is 0.135. The predicted molar refractivity (Wildman–Crippen MR) is 85.9 cm³/mol. The highest BCUT2D eigenvalue weighted by atomic mass is 32.2. The van der Waals surface area contributed by atoms with Crippen LogP contribution in [-0.4, -0.2) is 17.7 Å². The first-order chi connectivity index (χ1) is 10.1. The van der Waals surface area contributed by atoms with Crippen LogP contribution < -0.4 is 5.32 Å². The van der Waals surface area contributed by atoms with Crippen LogP contribution >= 0.6 is 11.8 Å². The van der Waals surface area contributed by atoms with Gasteiger partial charge in [0.05, 0.1) is 0 Å². The number of hydrogen-bond acceptors (Lipinski definition) is 2. The number of benzene rings is 1. The van der Waals surface area contributed by atoms with E-state index in [1.165, 1.54) is 25.0 Å². The molecule has 1 saturated carbocycles. The van der Waals surface area contributed by atoms with Crippen LogP contribution in [0.1, 0.15) is 39.5 Å². The smallest absolute Gasteiger partial charge is 0.221 e. The zero-order valence-corrected chi connectivity index (χ0v) is 13.6. The molecule has 3 unspecified atom stereocenters. The van der Waals surface area contributed by atoms with E-state index >= 15 is 0 Å². The fraction of sp³-hybridized carbons (Fsp3) is 0.588. The van der Waals surface area contributed by atoms with E-state index in [2.05, 4.69) is 19.2 Å². The van der Waals surface area contributed by atoms with Crippen molar-refractivity contribution in [2.75, 3.05) is 5.75 Å². The average Bonchev–Trinajstić information content (AvgIpc) is 2.46. The third kappa shape index (κ3) is 5.03. The lowest BCUT2D eigenvalue weighted by Crippen LogP contribution is -2.43. The largest absolute Gasteiger partial charge is 0.353 e. The molecular weight excluding hydrogens is 285 g/mol. The molecule has 0 bridgehead atoms. The van der Waals surface area contributed by atoms with Crippen LogP contribution in [0.15, 0.2) is 29.2 Å². The van der Waals surface area contributed by atoms with Gasteiger partial charge in [-0.15, -0.1) is 11.8 Å². The second kappa shape index (κ2) is 7.83. The van der Waals surface area contributed by atoms with Gasteiger partial charge in [0.25, 0.3) is 0 Å². The summed E-state index contributed by atoms with van der Waals surface area (Å²) in [7, 11) is 0. The summed E-state index contributed by atoms with van der Waals surface area (Å²) in [5.74, 6) is 1.90. The van der Waals surface area contributed by atoms with E-state index in [0.29, 0.717) is 24.3 Å². The van der Waals surface area contributed by atoms with Crippen LogP contribution in [0.4, 0.5) is 4.39 Å². The summed E-state index contributed by atoms with van der Waals surface area (Å²) in [4.78, 5) is 13.0. The maximum atomic E-state index is 12.8. The number of rotatable bonds is 5. The standard InChI is InChI=1S/C17H24FNOS/c1-12-4-3-5-16(13(12)2)19-17(20)10-11-21-15-8-6-14(18)7-9-15/h6-9,12-13,16H,3-5,10-11H2,1-2H3,(H,19,20). The second-order valence-corrected chi connectivity index (χ2v) is 7.16. The summed E-state index contributed by atoms with van der Waals surface area (Å²) >= 11 is 1.59. The van der Waals surface area contributed by atoms with Crippen molar-refractivity contribution in [3.63, 3.8) is 0 Å². The van der Waals surface area contributed by atoms with Crippen molar-refractivity contribution in [1.29, 1.82) is 0 Å². The molecule has 1 N–H and O–H groups in total. The number of hydrogen-bond donors (Lipinski definition) is 1. The van der Waals surface area contributed by atoms with Crippen molar-refractivity contribution in [2.45, 2.75) is 50.5 Å². The number of carbonyl (C=O) groups excluding carboxylic acids is 1. The van der Waals surface area contributed by atoms with E-state index in [9.17, 15) is 9.18 Å². The molecule has 1 aromatic carbocycles. The molecule has 0 aliphatic heterocycles. The summed E-state index contributed by atoms with van der Waals surface area (Å²) in [5, 5.41) is 3.18. The van der Waals surface area contributed by atoms with Gasteiger partial charge < -0.3 is 5.32 Å². The molecule has 1 amide bonds. The number of nitrogens with one attached hydrogen (secondary N) is 1. The van der Waals surface area contributed by atoms with Crippen molar-refractivity contribution in [3.05, 3.63) is 30.1 Å². The molecular formula is C17H24FNOS. The monoisotopic (exact) mass is 309 g/mol. The minimum Gasteiger partial charge on any atom is -0.353 e. The quantitative estimate of drug-likeness (QED) is 0.824. The van der Waals surface area contributed by atoms with Gasteiger partial charge in [0.1, 0.15) is 5.82 Å². The van der Waals surface area contributed by atoms with Crippen molar-refractivity contribution in [2.24, 2.45) is 11.8 Å². The van der Waals surface area contributed by atoms with Crippen LogP contribution in [-0.2, 0) is 4.79 Å². The number of carbonyl (C=O) groups is 1. The Hall–Kier alpha value is -1.03.